The average molecular weight is 306 g/mol. The van der Waals surface area contributed by atoms with Crippen molar-refractivity contribution in [3.63, 3.8) is 0 Å². The first-order valence-corrected chi connectivity index (χ1v) is 7.39. The van der Waals surface area contributed by atoms with Gasteiger partial charge in [-0.1, -0.05) is 29.8 Å². The molecule has 0 fully saturated rings. The number of aryl methyl sites for hydroxylation is 2. The van der Waals surface area contributed by atoms with Gasteiger partial charge in [-0.25, -0.2) is 9.37 Å². The minimum atomic E-state index is -0.250. The first kappa shape index (κ1) is 13.7. The minimum Gasteiger partial charge on any atom is -0.337 e. The number of benzene rings is 2. The van der Waals surface area contributed by atoms with Crippen molar-refractivity contribution < 1.29 is 4.39 Å². The molecule has 0 bridgehead atoms. The van der Waals surface area contributed by atoms with Crippen LogP contribution >= 0.6 is 0 Å². The summed E-state index contributed by atoms with van der Waals surface area (Å²) in [7, 11) is 0. The fourth-order valence-electron chi connectivity index (χ4n) is 2.58. The largest absolute Gasteiger partial charge is 0.337 e. The Bertz CT molecular complexity index is 957. The lowest BCUT2D eigenvalue weighted by atomic mass is 10.1. The van der Waals surface area contributed by atoms with E-state index in [9.17, 15) is 4.39 Å². The molecule has 0 aliphatic carbocycles. The summed E-state index contributed by atoms with van der Waals surface area (Å²) in [6.45, 7) is 3.79. The molecule has 23 heavy (non-hydrogen) atoms. The Morgan fingerprint density at radius 1 is 1.00 bits per heavy atom. The Labute approximate surface area is 132 Å². The fourth-order valence-corrected chi connectivity index (χ4v) is 2.58. The van der Waals surface area contributed by atoms with E-state index in [-0.39, 0.29) is 5.82 Å². The van der Waals surface area contributed by atoms with E-state index < -0.39 is 0 Å². The number of H-pyrrole nitrogens is 2. The van der Waals surface area contributed by atoms with Gasteiger partial charge < -0.3 is 4.98 Å². The molecule has 0 atom stereocenters. The summed E-state index contributed by atoms with van der Waals surface area (Å²) in [5.74, 6) is 0.399. The van der Waals surface area contributed by atoms with Crippen LogP contribution in [0.5, 0.6) is 0 Å². The smallest absolute Gasteiger partial charge is 0.156 e. The SMILES string of the molecule is Cc1ccc(-c2cc(-c3nc4cc(F)c(C)cc4[nH]3)[nH]n2)cc1. The summed E-state index contributed by atoms with van der Waals surface area (Å²) in [5.41, 5.74) is 5.88. The maximum Gasteiger partial charge on any atom is 0.156 e. The molecule has 4 nitrogen and oxygen atoms in total. The topological polar surface area (TPSA) is 57.4 Å². The number of nitrogens with one attached hydrogen (secondary N) is 2. The van der Waals surface area contributed by atoms with Gasteiger partial charge >= 0.3 is 0 Å². The molecule has 2 aromatic heterocycles. The van der Waals surface area contributed by atoms with Crippen LogP contribution in [0.15, 0.2) is 42.5 Å². The van der Waals surface area contributed by atoms with Gasteiger partial charge in [0.05, 0.1) is 16.7 Å². The van der Waals surface area contributed by atoms with Crippen LogP contribution in [-0.4, -0.2) is 20.2 Å². The number of aromatic nitrogens is 4. The maximum atomic E-state index is 13.6. The molecule has 2 N–H and O–H groups in total. The van der Waals surface area contributed by atoms with Gasteiger partial charge in [0.1, 0.15) is 11.5 Å². The van der Waals surface area contributed by atoms with Crippen molar-refractivity contribution in [3.8, 4) is 22.8 Å². The predicted octanol–water partition coefficient (Wildman–Crippen LogP) is 4.38. The monoisotopic (exact) mass is 306 g/mol. The van der Waals surface area contributed by atoms with Crippen molar-refractivity contribution >= 4 is 11.0 Å². The Balaban J connectivity index is 1.75. The molecule has 0 amide bonds. The number of hydrogen-bond acceptors (Lipinski definition) is 2. The third-order valence-corrected chi connectivity index (χ3v) is 3.94. The predicted molar refractivity (Wildman–Crippen MR) is 88.5 cm³/mol. The van der Waals surface area contributed by atoms with Crippen LogP contribution in [0.1, 0.15) is 11.1 Å². The Kier molecular flexibility index (Phi) is 3.01. The van der Waals surface area contributed by atoms with Gasteiger partial charge in [-0.15, -0.1) is 0 Å². The van der Waals surface area contributed by atoms with Crippen molar-refractivity contribution in [2.45, 2.75) is 13.8 Å². The number of halogens is 1. The second kappa shape index (κ2) is 5.05. The highest BCUT2D eigenvalue weighted by Crippen LogP contribution is 2.25. The van der Waals surface area contributed by atoms with Crippen LogP contribution in [0.2, 0.25) is 0 Å². The second-order valence-electron chi connectivity index (χ2n) is 5.74. The van der Waals surface area contributed by atoms with Crippen molar-refractivity contribution in [2.75, 3.05) is 0 Å². The third-order valence-electron chi connectivity index (χ3n) is 3.94. The van der Waals surface area contributed by atoms with Gasteiger partial charge in [-0.2, -0.15) is 5.10 Å². The average Bonchev–Trinajstić information content (AvgIpc) is 3.15. The molecule has 0 unspecified atom stereocenters. The summed E-state index contributed by atoms with van der Waals surface area (Å²) < 4.78 is 13.6. The molecule has 2 heterocycles. The molecule has 4 aromatic rings. The Hall–Kier alpha value is -2.95. The van der Waals surface area contributed by atoms with E-state index in [1.54, 1.807) is 13.0 Å². The molecule has 0 spiro atoms. The third kappa shape index (κ3) is 2.40. The number of rotatable bonds is 2. The van der Waals surface area contributed by atoms with E-state index in [1.807, 2.05) is 18.2 Å². The summed E-state index contributed by atoms with van der Waals surface area (Å²) in [6, 6.07) is 13.3. The van der Waals surface area contributed by atoms with Crippen molar-refractivity contribution in [1.82, 2.24) is 20.2 Å². The Morgan fingerprint density at radius 3 is 2.57 bits per heavy atom. The fraction of sp³-hybridized carbons (Fsp3) is 0.111. The van der Waals surface area contributed by atoms with Gasteiger partial charge in [0.15, 0.2) is 5.82 Å². The molecule has 0 saturated heterocycles. The molecule has 0 radical (unpaired) electrons. The minimum absolute atomic E-state index is 0.250. The number of nitrogens with zero attached hydrogens (tertiary/aromatic N) is 2. The summed E-state index contributed by atoms with van der Waals surface area (Å²) in [5, 5.41) is 7.33. The molecule has 4 rings (SSSR count). The van der Waals surface area contributed by atoms with Crippen LogP contribution in [-0.2, 0) is 0 Å². The molecular formula is C18H15FN4. The quantitative estimate of drug-likeness (QED) is 0.577. The molecule has 0 aliphatic rings. The number of hydrogen-bond donors (Lipinski definition) is 2. The van der Waals surface area contributed by atoms with E-state index >= 15 is 0 Å². The van der Waals surface area contributed by atoms with Crippen LogP contribution < -0.4 is 0 Å². The number of aromatic amines is 2. The normalized spacial score (nSPS) is 11.3. The van der Waals surface area contributed by atoms with Crippen LogP contribution in [0, 0.1) is 19.7 Å². The zero-order valence-electron chi connectivity index (χ0n) is 12.8. The summed E-state index contributed by atoms with van der Waals surface area (Å²) in [4.78, 5) is 7.64. The summed E-state index contributed by atoms with van der Waals surface area (Å²) >= 11 is 0. The van der Waals surface area contributed by atoms with Gasteiger partial charge in [-0.05, 0) is 31.5 Å². The van der Waals surface area contributed by atoms with Crippen LogP contribution in [0.3, 0.4) is 0 Å². The van der Waals surface area contributed by atoms with Crippen LogP contribution in [0.25, 0.3) is 33.8 Å². The highest BCUT2D eigenvalue weighted by atomic mass is 19.1. The highest BCUT2D eigenvalue weighted by Gasteiger charge is 2.11. The van der Waals surface area contributed by atoms with Gasteiger partial charge in [0.2, 0.25) is 0 Å². The second-order valence-corrected chi connectivity index (χ2v) is 5.74. The van der Waals surface area contributed by atoms with E-state index in [1.165, 1.54) is 11.6 Å². The van der Waals surface area contributed by atoms with Gasteiger partial charge in [-0.3, -0.25) is 5.10 Å². The lowest BCUT2D eigenvalue weighted by Gasteiger charge is -1.96. The number of fused-ring (bicyclic) bond motifs is 1. The molecule has 0 aliphatic heterocycles. The van der Waals surface area contributed by atoms with E-state index in [2.05, 4.69) is 39.2 Å². The van der Waals surface area contributed by atoms with Crippen molar-refractivity contribution in [2.24, 2.45) is 0 Å². The molecule has 5 heteroatoms. The molecular weight excluding hydrogens is 291 g/mol. The lowest BCUT2D eigenvalue weighted by molar-refractivity contribution is 0.620. The van der Waals surface area contributed by atoms with Gasteiger partial charge in [0.25, 0.3) is 0 Å². The standard InChI is InChI=1S/C18H15FN4/c1-10-3-5-12(6-4-10)14-9-17(23-22-14)18-20-15-7-11(2)13(19)8-16(15)21-18/h3-9H,1-2H3,(H,20,21)(H,22,23). The molecule has 114 valence electrons. The first-order valence-electron chi connectivity index (χ1n) is 7.39. The zero-order chi connectivity index (χ0) is 16.0. The lowest BCUT2D eigenvalue weighted by Crippen LogP contribution is -1.81. The Morgan fingerprint density at radius 2 is 1.78 bits per heavy atom. The highest BCUT2D eigenvalue weighted by molar-refractivity contribution is 5.80. The molecule has 0 saturated carbocycles. The van der Waals surface area contributed by atoms with E-state index in [4.69, 9.17) is 0 Å². The first-order chi connectivity index (χ1) is 11.1. The number of imidazole rings is 1. The van der Waals surface area contributed by atoms with Crippen LogP contribution in [0.4, 0.5) is 4.39 Å². The maximum absolute atomic E-state index is 13.6. The van der Waals surface area contributed by atoms with Crippen molar-refractivity contribution in [1.29, 1.82) is 0 Å². The van der Waals surface area contributed by atoms with Crippen molar-refractivity contribution in [3.05, 3.63) is 59.4 Å². The van der Waals surface area contributed by atoms with Gasteiger partial charge in [0, 0.05) is 11.6 Å². The molecule has 2 aromatic carbocycles. The van der Waals surface area contributed by atoms with E-state index in [0.29, 0.717) is 16.9 Å². The van der Waals surface area contributed by atoms with E-state index in [0.717, 1.165) is 22.5 Å². The zero-order valence-corrected chi connectivity index (χ0v) is 12.8. The summed E-state index contributed by atoms with van der Waals surface area (Å²) in [6.07, 6.45) is 0.